The van der Waals surface area contributed by atoms with Gasteiger partial charge in [0.05, 0.1) is 0 Å². The number of carbonyl (C=O) groups excluding carboxylic acids is 1. The van der Waals surface area contributed by atoms with E-state index in [1.165, 1.54) is 49.8 Å². The van der Waals surface area contributed by atoms with E-state index >= 15 is 0 Å². The van der Waals surface area contributed by atoms with Crippen LogP contribution >= 0.6 is 0 Å². The molecule has 3 heteroatoms. The van der Waals surface area contributed by atoms with Crippen molar-refractivity contribution < 1.29 is 4.79 Å². The van der Waals surface area contributed by atoms with E-state index in [2.05, 4.69) is 24.1 Å². The molecule has 0 aromatic heterocycles. The highest BCUT2D eigenvalue weighted by molar-refractivity contribution is 5.93. The zero-order chi connectivity index (χ0) is 14.6. The van der Waals surface area contributed by atoms with Crippen LogP contribution in [0.4, 0.5) is 0 Å². The van der Waals surface area contributed by atoms with Gasteiger partial charge in [0.15, 0.2) is 0 Å². The van der Waals surface area contributed by atoms with Crippen molar-refractivity contribution in [3.8, 4) is 0 Å². The molecular formula is C18H24N2O. The summed E-state index contributed by atoms with van der Waals surface area (Å²) in [4.78, 5) is 14.2. The molecular weight excluding hydrogens is 260 g/mol. The summed E-state index contributed by atoms with van der Waals surface area (Å²) in [6.45, 7) is 1.18. The number of benzene rings is 1. The number of likely N-dealkylation sites (N-methyl/N-ethyl adjacent to an activating group) is 1. The maximum absolute atomic E-state index is 11.6. The molecule has 1 amide bonds. The molecule has 1 aliphatic heterocycles. The van der Waals surface area contributed by atoms with Gasteiger partial charge in [-0.2, -0.15) is 0 Å². The van der Waals surface area contributed by atoms with Crippen molar-refractivity contribution in [1.29, 1.82) is 0 Å². The largest absolute Gasteiger partial charge is 0.366 e. The third-order valence-corrected chi connectivity index (χ3v) is 6.40. The second-order valence-corrected chi connectivity index (χ2v) is 7.25. The first-order valence-electron chi connectivity index (χ1n) is 8.25. The Bertz CT molecular complexity index is 597. The van der Waals surface area contributed by atoms with Crippen LogP contribution in [0, 0.1) is 5.92 Å². The standard InChI is InChI=1S/C18H24N2O/c1-20-9-8-18-7-3-2-4-14(18)16(20)11-12-5-6-13(17(19)21)10-15(12)18/h5-6,10,14,16H,2-4,7-9,11H2,1H3,(H2,19,21)/t14-,16+,18+/m0/s1. The van der Waals surface area contributed by atoms with Crippen LogP contribution in [0.3, 0.4) is 0 Å². The lowest BCUT2D eigenvalue weighted by atomic mass is 9.52. The molecule has 21 heavy (non-hydrogen) atoms. The van der Waals surface area contributed by atoms with Crippen molar-refractivity contribution in [3.05, 3.63) is 34.9 Å². The summed E-state index contributed by atoms with van der Waals surface area (Å²) in [5.41, 5.74) is 9.42. The van der Waals surface area contributed by atoms with E-state index in [-0.39, 0.29) is 5.91 Å². The molecule has 4 rings (SSSR count). The van der Waals surface area contributed by atoms with Gasteiger partial charge in [-0.25, -0.2) is 0 Å². The summed E-state index contributed by atoms with van der Waals surface area (Å²) in [6, 6.07) is 6.88. The minimum absolute atomic E-state index is 0.295. The average molecular weight is 284 g/mol. The monoisotopic (exact) mass is 284 g/mol. The Balaban J connectivity index is 1.89. The normalized spacial score (nSPS) is 34.9. The number of hydrogen-bond acceptors (Lipinski definition) is 2. The molecule has 1 aromatic rings. The summed E-state index contributed by atoms with van der Waals surface area (Å²) < 4.78 is 0. The maximum atomic E-state index is 11.6. The second-order valence-electron chi connectivity index (χ2n) is 7.25. The number of amides is 1. The molecule has 0 unspecified atom stereocenters. The highest BCUT2D eigenvalue weighted by atomic mass is 16.1. The van der Waals surface area contributed by atoms with E-state index in [9.17, 15) is 4.79 Å². The number of rotatable bonds is 1. The number of primary amides is 1. The van der Waals surface area contributed by atoms with Gasteiger partial charge in [-0.15, -0.1) is 0 Å². The third-order valence-electron chi connectivity index (χ3n) is 6.40. The van der Waals surface area contributed by atoms with Crippen LogP contribution in [-0.2, 0) is 11.8 Å². The number of nitrogens with two attached hydrogens (primary N) is 1. The highest BCUT2D eigenvalue weighted by Gasteiger charge is 2.53. The number of nitrogens with zero attached hydrogens (tertiary/aromatic N) is 1. The number of carbonyl (C=O) groups is 1. The lowest BCUT2D eigenvalue weighted by Gasteiger charge is -2.58. The predicted octanol–water partition coefficient (Wildman–Crippen LogP) is 2.47. The van der Waals surface area contributed by atoms with Crippen LogP contribution in [0.2, 0.25) is 0 Å². The molecule has 3 aliphatic rings. The van der Waals surface area contributed by atoms with Gasteiger partial charge >= 0.3 is 0 Å². The van der Waals surface area contributed by atoms with E-state index in [0.29, 0.717) is 17.0 Å². The first kappa shape index (κ1) is 13.3. The van der Waals surface area contributed by atoms with Crippen molar-refractivity contribution in [2.24, 2.45) is 11.7 Å². The minimum Gasteiger partial charge on any atom is -0.366 e. The van der Waals surface area contributed by atoms with Crippen LogP contribution in [0.1, 0.15) is 53.6 Å². The third kappa shape index (κ3) is 1.80. The molecule has 2 aliphatic carbocycles. The van der Waals surface area contributed by atoms with Crippen LogP contribution in [0.15, 0.2) is 18.2 Å². The fourth-order valence-electron chi connectivity index (χ4n) is 5.35. The van der Waals surface area contributed by atoms with Gasteiger partial charge in [-0.3, -0.25) is 4.79 Å². The highest BCUT2D eigenvalue weighted by Crippen LogP contribution is 2.55. The van der Waals surface area contributed by atoms with E-state index in [4.69, 9.17) is 5.73 Å². The van der Waals surface area contributed by atoms with Gasteiger partial charge in [-0.05, 0) is 68.5 Å². The van der Waals surface area contributed by atoms with E-state index in [1.807, 2.05) is 6.07 Å². The van der Waals surface area contributed by atoms with Crippen molar-refractivity contribution in [2.75, 3.05) is 13.6 Å². The smallest absolute Gasteiger partial charge is 0.248 e. The first-order valence-corrected chi connectivity index (χ1v) is 8.25. The van der Waals surface area contributed by atoms with Gasteiger partial charge in [0.2, 0.25) is 5.91 Å². The molecule has 3 nitrogen and oxygen atoms in total. The Morgan fingerprint density at radius 1 is 1.33 bits per heavy atom. The van der Waals surface area contributed by atoms with Crippen molar-refractivity contribution >= 4 is 5.91 Å². The van der Waals surface area contributed by atoms with E-state index in [1.54, 1.807) is 0 Å². The molecule has 0 radical (unpaired) electrons. The number of hydrogen-bond donors (Lipinski definition) is 1. The molecule has 3 atom stereocenters. The lowest BCUT2D eigenvalue weighted by Crippen LogP contribution is -2.59. The fourth-order valence-corrected chi connectivity index (χ4v) is 5.35. The van der Waals surface area contributed by atoms with Crippen LogP contribution < -0.4 is 5.73 Å². The van der Waals surface area contributed by atoms with Gasteiger partial charge in [-0.1, -0.05) is 18.9 Å². The summed E-state index contributed by atoms with van der Waals surface area (Å²) in [6.07, 6.45) is 7.69. The zero-order valence-electron chi connectivity index (χ0n) is 12.8. The average Bonchev–Trinajstić information content (AvgIpc) is 2.50. The predicted molar refractivity (Wildman–Crippen MR) is 83.3 cm³/mol. The molecule has 2 fully saturated rings. The molecule has 1 aromatic carbocycles. The Morgan fingerprint density at radius 2 is 2.19 bits per heavy atom. The quantitative estimate of drug-likeness (QED) is 0.861. The van der Waals surface area contributed by atoms with Crippen LogP contribution in [0.25, 0.3) is 0 Å². The number of fused-ring (bicyclic) bond motifs is 1. The summed E-state index contributed by atoms with van der Waals surface area (Å²) in [5, 5.41) is 0. The molecule has 2 N–H and O–H groups in total. The van der Waals surface area contributed by atoms with E-state index in [0.717, 1.165) is 12.3 Å². The molecule has 1 saturated carbocycles. The lowest BCUT2D eigenvalue weighted by molar-refractivity contribution is 0.00283. The van der Waals surface area contributed by atoms with Crippen LogP contribution in [0.5, 0.6) is 0 Å². The van der Waals surface area contributed by atoms with Crippen molar-refractivity contribution in [3.63, 3.8) is 0 Å². The van der Waals surface area contributed by atoms with Gasteiger partial charge in [0, 0.05) is 17.0 Å². The SMILES string of the molecule is CN1CC[C@]23CCCC[C@H]2[C@H]1Cc1ccc(C(N)=O)cc13. The summed E-state index contributed by atoms with van der Waals surface area (Å²) in [7, 11) is 2.28. The summed E-state index contributed by atoms with van der Waals surface area (Å²) >= 11 is 0. The number of piperidine rings is 1. The Kier molecular flexibility index (Phi) is 2.90. The second kappa shape index (κ2) is 4.57. The minimum atomic E-state index is -0.295. The molecule has 112 valence electrons. The number of likely N-dealkylation sites (tertiary alicyclic amines) is 1. The van der Waals surface area contributed by atoms with Gasteiger partial charge < -0.3 is 10.6 Å². The van der Waals surface area contributed by atoms with Crippen molar-refractivity contribution in [1.82, 2.24) is 4.90 Å². The topological polar surface area (TPSA) is 46.3 Å². The molecule has 1 saturated heterocycles. The van der Waals surface area contributed by atoms with Gasteiger partial charge in [0.1, 0.15) is 0 Å². The zero-order valence-corrected chi connectivity index (χ0v) is 12.8. The molecule has 0 spiro atoms. The molecule has 1 heterocycles. The fraction of sp³-hybridized carbons (Fsp3) is 0.611. The maximum Gasteiger partial charge on any atom is 0.248 e. The van der Waals surface area contributed by atoms with Crippen LogP contribution in [-0.4, -0.2) is 30.4 Å². The Hall–Kier alpha value is -1.35. The Morgan fingerprint density at radius 3 is 3.00 bits per heavy atom. The van der Waals surface area contributed by atoms with Crippen molar-refractivity contribution in [2.45, 2.75) is 50.0 Å². The van der Waals surface area contributed by atoms with Gasteiger partial charge in [0.25, 0.3) is 0 Å². The molecule has 2 bridgehead atoms. The summed E-state index contributed by atoms with van der Waals surface area (Å²) in [5.74, 6) is 0.470. The Labute approximate surface area is 126 Å². The van der Waals surface area contributed by atoms with E-state index < -0.39 is 0 Å². The first-order chi connectivity index (χ1) is 10.1.